The third kappa shape index (κ3) is 4.52. The fraction of sp³-hybridized carbons (Fsp3) is 0. The van der Waals surface area contributed by atoms with Gasteiger partial charge in [-0.25, -0.2) is 0 Å². The maximum atomic E-state index is 10.8. The Morgan fingerprint density at radius 3 is 2.52 bits per heavy atom. The van der Waals surface area contributed by atoms with Crippen LogP contribution in [0.2, 0.25) is 0 Å². The molecule has 0 aliphatic rings. The van der Waals surface area contributed by atoms with Gasteiger partial charge in [-0.05, 0) is 12.1 Å². The van der Waals surface area contributed by atoms with Crippen LogP contribution in [-0.2, 0) is 0 Å². The number of hydrogen-bond acceptors (Lipinski definition) is 7. The topological polar surface area (TPSA) is 109 Å². The molecule has 0 amide bonds. The van der Waals surface area contributed by atoms with Crippen molar-refractivity contribution < 1.29 is 31.4 Å². The first-order valence-electron chi connectivity index (χ1n) is 7.92. The predicted octanol–water partition coefficient (Wildman–Crippen LogP) is 0.856. The molecule has 0 radical (unpaired) electrons. The Morgan fingerprint density at radius 1 is 1.04 bits per heavy atom. The molecule has 9 heteroatoms. The van der Waals surface area contributed by atoms with Crippen molar-refractivity contribution in [3.8, 4) is 11.5 Å². The minimum absolute atomic E-state index is 0.00512. The molecule has 2 heterocycles. The minimum atomic E-state index is -1.13. The van der Waals surface area contributed by atoms with E-state index in [2.05, 4.69) is 20.3 Å². The van der Waals surface area contributed by atoms with Crippen molar-refractivity contribution in [1.82, 2.24) is 18.4 Å². The second-order valence-corrected chi connectivity index (χ2v) is 8.05. The number of halogens is 1. The molecule has 3 N–H and O–H groups in total. The fourth-order valence-electron chi connectivity index (χ4n) is 2.46. The van der Waals surface area contributed by atoms with Crippen LogP contribution >= 0.6 is 0 Å². The zero-order valence-electron chi connectivity index (χ0n) is 13.8. The Kier molecular flexibility index (Phi) is 5.16. The molecule has 0 unspecified atom stereocenters. The summed E-state index contributed by atoms with van der Waals surface area (Å²) in [5.41, 5.74) is 2.43. The number of H-pyrrole nitrogens is 1. The Labute approximate surface area is 165 Å². The molecule has 0 saturated carbocycles. The molecule has 0 fully saturated rings. The molecule has 0 saturated heterocycles. The second kappa shape index (κ2) is 7.88. The summed E-state index contributed by atoms with van der Waals surface area (Å²) in [5, 5.41) is 22.9. The van der Waals surface area contributed by atoms with Crippen LogP contribution in [0.15, 0.2) is 67.0 Å². The third-order valence-electron chi connectivity index (χ3n) is 3.62. The maximum absolute atomic E-state index is 10.8. The van der Waals surface area contributed by atoms with Gasteiger partial charge in [0.05, 0.1) is 0 Å². The molecule has 0 bridgehead atoms. The van der Waals surface area contributed by atoms with Gasteiger partial charge in [0.15, 0.2) is 0 Å². The molecule has 2 aromatic heterocycles. The van der Waals surface area contributed by atoms with Crippen LogP contribution in [0, 0.1) is 8.78 Å². The van der Waals surface area contributed by atoms with Gasteiger partial charge in [0.2, 0.25) is 0 Å². The van der Waals surface area contributed by atoms with Crippen LogP contribution in [0.3, 0.4) is 0 Å². The van der Waals surface area contributed by atoms with E-state index in [0.717, 1.165) is 31.8 Å². The number of aromatic nitrogens is 3. The fourth-order valence-corrected chi connectivity index (χ4v) is 3.73. The number of imidazole rings is 1. The van der Waals surface area contributed by atoms with Gasteiger partial charge in [-0.1, -0.05) is 0 Å². The number of rotatable bonds is 6. The molecule has 0 spiro atoms. The van der Waals surface area contributed by atoms with Crippen molar-refractivity contribution >= 4 is 22.7 Å². The van der Waals surface area contributed by atoms with E-state index in [0.29, 0.717) is 5.95 Å². The predicted molar refractivity (Wildman–Crippen MR) is 95.8 cm³/mol. The summed E-state index contributed by atoms with van der Waals surface area (Å²) in [6.07, 6.45) is 3.35. The average Bonchev–Trinajstić information content (AvgIpc) is 3.05. The number of anilines is 2. The van der Waals surface area contributed by atoms with E-state index in [1.54, 1.807) is 30.6 Å². The standard InChI is InChI=1S/C18H14IN5O3/c25-24(26)19-12-1-6-16-17(11-12)23-18(22-16)21-13-2-4-14(5-3-13)27-15-7-9-20-10-8-15/h1-11,25H,(H2,21,22,23)/q-2. The summed E-state index contributed by atoms with van der Waals surface area (Å²) in [5.74, 6) is 2.03. The van der Waals surface area contributed by atoms with Crippen LogP contribution in [0.4, 0.5) is 11.6 Å². The summed E-state index contributed by atoms with van der Waals surface area (Å²) in [6.45, 7) is 0. The van der Waals surface area contributed by atoms with Crippen molar-refractivity contribution in [3.05, 3.63) is 75.8 Å². The molecule has 0 aliphatic carbocycles. The van der Waals surface area contributed by atoms with E-state index in [4.69, 9.17) is 9.94 Å². The SMILES string of the molecule is [O-]N(O)[I-]c1ccc2nc(Nc3ccc(Oc4ccncc4)cc3)[nH]c2c1. The molecule has 0 aliphatic heterocycles. The summed E-state index contributed by atoms with van der Waals surface area (Å²) in [7, 11) is 0. The molecule has 27 heavy (non-hydrogen) atoms. The number of benzene rings is 2. The van der Waals surface area contributed by atoms with Crippen molar-refractivity contribution in [2.24, 2.45) is 0 Å². The number of hydrogen-bond donors (Lipinski definition) is 3. The molecule has 0 atom stereocenters. The molecule has 138 valence electrons. The monoisotopic (exact) mass is 475 g/mol. The van der Waals surface area contributed by atoms with Gasteiger partial charge in [0.1, 0.15) is 0 Å². The van der Waals surface area contributed by atoms with Crippen molar-refractivity contribution in [3.63, 3.8) is 0 Å². The zero-order valence-corrected chi connectivity index (χ0v) is 16.0. The van der Waals surface area contributed by atoms with Crippen LogP contribution in [-0.4, -0.2) is 23.6 Å². The second-order valence-electron chi connectivity index (χ2n) is 5.49. The first-order valence-corrected chi connectivity index (χ1v) is 9.96. The van der Waals surface area contributed by atoms with E-state index < -0.39 is 21.5 Å². The summed E-state index contributed by atoms with van der Waals surface area (Å²) < 4.78 is 6.54. The summed E-state index contributed by atoms with van der Waals surface area (Å²) in [4.78, 5) is 11.6. The van der Waals surface area contributed by atoms with Gasteiger partial charge < -0.3 is 0 Å². The molecular weight excluding hydrogens is 461 g/mol. The molecule has 8 nitrogen and oxygen atoms in total. The Balaban J connectivity index is 1.47. The van der Waals surface area contributed by atoms with Crippen molar-refractivity contribution in [1.29, 1.82) is 0 Å². The van der Waals surface area contributed by atoms with E-state index in [1.807, 2.05) is 36.4 Å². The number of fused-ring (bicyclic) bond motifs is 1. The van der Waals surface area contributed by atoms with Gasteiger partial charge in [-0.2, -0.15) is 0 Å². The van der Waals surface area contributed by atoms with E-state index in [-0.39, 0.29) is 3.44 Å². The molecule has 4 aromatic rings. The molecular formula is C18H14IN5O3-2. The first kappa shape index (κ1) is 17.7. The zero-order chi connectivity index (χ0) is 18.6. The quantitative estimate of drug-likeness (QED) is 0.216. The van der Waals surface area contributed by atoms with Crippen LogP contribution in [0.5, 0.6) is 11.5 Å². The van der Waals surface area contributed by atoms with Crippen LogP contribution < -0.4 is 31.5 Å². The van der Waals surface area contributed by atoms with Gasteiger partial charge in [0.25, 0.3) is 0 Å². The number of nitrogens with one attached hydrogen (secondary N) is 2. The average molecular weight is 475 g/mol. The Hall–Kier alpha value is -2.73. The third-order valence-corrected chi connectivity index (χ3v) is 5.26. The van der Waals surface area contributed by atoms with Crippen LogP contribution in [0.25, 0.3) is 11.0 Å². The summed E-state index contributed by atoms with van der Waals surface area (Å²) in [6, 6.07) is 16.5. The van der Waals surface area contributed by atoms with Gasteiger partial charge in [0, 0.05) is 12.4 Å². The van der Waals surface area contributed by atoms with Gasteiger partial charge in [-0.3, -0.25) is 4.98 Å². The van der Waals surface area contributed by atoms with E-state index in [9.17, 15) is 5.21 Å². The number of pyridine rings is 1. The Morgan fingerprint density at radius 2 is 1.78 bits per heavy atom. The van der Waals surface area contributed by atoms with E-state index >= 15 is 0 Å². The number of nitrogens with zero attached hydrogens (tertiary/aromatic N) is 3. The van der Waals surface area contributed by atoms with E-state index in [1.165, 1.54) is 0 Å². The number of aromatic amines is 1. The van der Waals surface area contributed by atoms with Gasteiger partial charge in [-0.15, -0.1) is 0 Å². The molecule has 4 rings (SSSR count). The summed E-state index contributed by atoms with van der Waals surface area (Å²) >= 11 is -1.13. The molecule has 2 aromatic carbocycles. The van der Waals surface area contributed by atoms with Crippen molar-refractivity contribution in [2.45, 2.75) is 0 Å². The first-order chi connectivity index (χ1) is 13.2. The van der Waals surface area contributed by atoms with Crippen LogP contribution in [0.1, 0.15) is 0 Å². The Bertz CT molecular complexity index is 1040. The normalized spacial score (nSPS) is 11.2. The number of ether oxygens (including phenoxy) is 1. The van der Waals surface area contributed by atoms with Gasteiger partial charge >= 0.3 is 136 Å². The van der Waals surface area contributed by atoms with Crippen molar-refractivity contribution in [2.75, 3.05) is 5.32 Å².